The summed E-state index contributed by atoms with van der Waals surface area (Å²) in [5.74, 6) is 0.942. The fraction of sp³-hybridized carbons (Fsp3) is 0. The standard InChI is InChI=1S/C20H12Cl2N2O2S/c21-12-6-8-15(16(22)10-12)17-9-7-14(26-17)11-18-19(25)24-20(27-18)23-13-4-2-1-3-5-13/h1-11H,(H,23,24,25)/b18-11+. The Morgan fingerprint density at radius 3 is 2.63 bits per heavy atom. The summed E-state index contributed by atoms with van der Waals surface area (Å²) in [6.45, 7) is 0. The number of nitrogens with one attached hydrogen (secondary N) is 1. The SMILES string of the molecule is O=C1NC(=Nc2ccccc2)S/C1=C/c1ccc(-c2ccc(Cl)cc2Cl)o1. The van der Waals surface area contributed by atoms with Crippen molar-refractivity contribution < 1.29 is 9.21 Å². The summed E-state index contributed by atoms with van der Waals surface area (Å²) < 4.78 is 5.82. The third kappa shape index (κ3) is 4.11. The number of amidine groups is 1. The van der Waals surface area contributed by atoms with Gasteiger partial charge in [-0.2, -0.15) is 0 Å². The molecule has 1 amide bonds. The van der Waals surface area contributed by atoms with Gasteiger partial charge in [0, 0.05) is 16.7 Å². The number of hydrogen-bond acceptors (Lipinski definition) is 4. The van der Waals surface area contributed by atoms with Crippen LogP contribution in [0.25, 0.3) is 17.4 Å². The number of carbonyl (C=O) groups is 1. The fourth-order valence-electron chi connectivity index (χ4n) is 2.49. The van der Waals surface area contributed by atoms with Crippen LogP contribution in [0, 0.1) is 0 Å². The van der Waals surface area contributed by atoms with E-state index < -0.39 is 0 Å². The van der Waals surface area contributed by atoms with Crippen LogP contribution in [0.2, 0.25) is 10.0 Å². The van der Waals surface area contributed by atoms with E-state index in [9.17, 15) is 4.79 Å². The van der Waals surface area contributed by atoms with Crippen molar-refractivity contribution in [2.24, 2.45) is 4.99 Å². The number of para-hydroxylation sites is 1. The number of rotatable bonds is 3. The van der Waals surface area contributed by atoms with Crippen molar-refractivity contribution in [3.05, 3.63) is 81.4 Å². The van der Waals surface area contributed by atoms with E-state index in [1.54, 1.807) is 36.4 Å². The predicted molar refractivity (Wildman–Crippen MR) is 111 cm³/mol. The highest BCUT2D eigenvalue weighted by Crippen LogP contribution is 2.33. The molecule has 0 spiro atoms. The first kappa shape index (κ1) is 17.9. The van der Waals surface area contributed by atoms with Gasteiger partial charge < -0.3 is 9.73 Å². The van der Waals surface area contributed by atoms with Crippen LogP contribution >= 0.6 is 35.0 Å². The maximum Gasteiger partial charge on any atom is 0.264 e. The van der Waals surface area contributed by atoms with Crippen LogP contribution < -0.4 is 5.32 Å². The monoisotopic (exact) mass is 414 g/mol. The molecule has 134 valence electrons. The first-order chi connectivity index (χ1) is 13.1. The van der Waals surface area contributed by atoms with E-state index in [2.05, 4.69) is 10.3 Å². The fourth-order valence-corrected chi connectivity index (χ4v) is 3.82. The lowest BCUT2D eigenvalue weighted by molar-refractivity contribution is -0.115. The quantitative estimate of drug-likeness (QED) is 0.523. The molecule has 7 heteroatoms. The van der Waals surface area contributed by atoms with Crippen LogP contribution in [-0.2, 0) is 4.79 Å². The first-order valence-corrected chi connectivity index (χ1v) is 9.55. The van der Waals surface area contributed by atoms with Crippen LogP contribution in [0.3, 0.4) is 0 Å². The van der Waals surface area contributed by atoms with Crippen LogP contribution in [0.1, 0.15) is 5.76 Å². The van der Waals surface area contributed by atoms with E-state index in [0.29, 0.717) is 31.6 Å². The van der Waals surface area contributed by atoms with Gasteiger partial charge in [0.15, 0.2) is 5.17 Å². The van der Waals surface area contributed by atoms with Gasteiger partial charge in [-0.25, -0.2) is 4.99 Å². The van der Waals surface area contributed by atoms with Gasteiger partial charge in [0.1, 0.15) is 11.5 Å². The van der Waals surface area contributed by atoms with Gasteiger partial charge in [0.25, 0.3) is 5.91 Å². The minimum absolute atomic E-state index is 0.211. The molecule has 0 aliphatic carbocycles. The van der Waals surface area contributed by atoms with E-state index in [-0.39, 0.29) is 5.91 Å². The molecule has 1 N–H and O–H groups in total. The van der Waals surface area contributed by atoms with Crippen LogP contribution in [0.5, 0.6) is 0 Å². The Bertz CT molecular complexity index is 1070. The number of hydrogen-bond donors (Lipinski definition) is 1. The molecular weight excluding hydrogens is 403 g/mol. The number of aliphatic imine (C=N–C) groups is 1. The number of halogens is 2. The van der Waals surface area contributed by atoms with Crippen molar-refractivity contribution in [3.8, 4) is 11.3 Å². The Hall–Kier alpha value is -2.47. The van der Waals surface area contributed by atoms with E-state index in [4.69, 9.17) is 27.6 Å². The van der Waals surface area contributed by atoms with Gasteiger partial charge in [-0.3, -0.25) is 4.79 Å². The van der Waals surface area contributed by atoms with Crippen LogP contribution in [0.15, 0.2) is 75.0 Å². The van der Waals surface area contributed by atoms with Crippen molar-refractivity contribution >= 4 is 57.8 Å². The van der Waals surface area contributed by atoms with Gasteiger partial charge in [0.2, 0.25) is 0 Å². The maximum atomic E-state index is 12.2. The molecule has 0 radical (unpaired) electrons. The third-order valence-corrected chi connectivity index (χ3v) is 5.19. The molecule has 1 aromatic heterocycles. The molecule has 2 aromatic carbocycles. The minimum Gasteiger partial charge on any atom is -0.457 e. The number of benzene rings is 2. The normalized spacial score (nSPS) is 16.9. The average molecular weight is 415 g/mol. The smallest absolute Gasteiger partial charge is 0.264 e. The molecule has 0 unspecified atom stereocenters. The van der Waals surface area contributed by atoms with Gasteiger partial charge in [-0.1, -0.05) is 41.4 Å². The molecule has 4 rings (SSSR count). The molecule has 1 saturated heterocycles. The molecule has 2 heterocycles. The minimum atomic E-state index is -0.211. The summed E-state index contributed by atoms with van der Waals surface area (Å²) in [5.41, 5.74) is 1.51. The zero-order valence-corrected chi connectivity index (χ0v) is 16.1. The lowest BCUT2D eigenvalue weighted by Crippen LogP contribution is -2.19. The molecule has 0 bridgehead atoms. The molecule has 3 aromatic rings. The third-order valence-electron chi connectivity index (χ3n) is 3.73. The molecule has 1 fully saturated rings. The number of furan rings is 1. The van der Waals surface area contributed by atoms with Gasteiger partial charge >= 0.3 is 0 Å². The summed E-state index contributed by atoms with van der Waals surface area (Å²) >= 11 is 13.4. The van der Waals surface area contributed by atoms with Gasteiger partial charge in [-0.15, -0.1) is 0 Å². The molecule has 0 saturated carbocycles. The van der Waals surface area contributed by atoms with Crippen molar-refractivity contribution in [3.63, 3.8) is 0 Å². The predicted octanol–water partition coefficient (Wildman–Crippen LogP) is 6.15. The second kappa shape index (κ2) is 7.64. The Morgan fingerprint density at radius 1 is 1.04 bits per heavy atom. The number of nitrogens with zero attached hydrogens (tertiary/aromatic N) is 1. The van der Waals surface area contributed by atoms with E-state index in [1.165, 1.54) is 11.8 Å². The molecule has 0 atom stereocenters. The molecule has 4 nitrogen and oxygen atoms in total. The Labute approximate surface area is 169 Å². The topological polar surface area (TPSA) is 54.6 Å². The van der Waals surface area contributed by atoms with Gasteiger partial charge in [0.05, 0.1) is 15.6 Å². The maximum absolute atomic E-state index is 12.2. The Morgan fingerprint density at radius 2 is 1.85 bits per heavy atom. The van der Waals surface area contributed by atoms with Crippen LogP contribution in [-0.4, -0.2) is 11.1 Å². The van der Waals surface area contributed by atoms with E-state index >= 15 is 0 Å². The lowest BCUT2D eigenvalue weighted by atomic mass is 10.2. The van der Waals surface area contributed by atoms with Crippen molar-refractivity contribution in [1.29, 1.82) is 0 Å². The number of amides is 1. The van der Waals surface area contributed by atoms with E-state index in [1.807, 2.05) is 30.3 Å². The van der Waals surface area contributed by atoms with E-state index in [0.717, 1.165) is 11.3 Å². The summed E-state index contributed by atoms with van der Waals surface area (Å²) in [7, 11) is 0. The van der Waals surface area contributed by atoms with Crippen molar-refractivity contribution in [1.82, 2.24) is 5.32 Å². The highest BCUT2D eigenvalue weighted by Gasteiger charge is 2.24. The second-order valence-corrected chi connectivity index (χ2v) is 7.52. The first-order valence-electron chi connectivity index (χ1n) is 7.98. The highest BCUT2D eigenvalue weighted by molar-refractivity contribution is 8.18. The van der Waals surface area contributed by atoms with Gasteiger partial charge in [-0.05, 0) is 54.2 Å². The Kier molecular flexibility index (Phi) is 5.07. The zero-order chi connectivity index (χ0) is 18.8. The number of thioether (sulfide) groups is 1. The molecule has 27 heavy (non-hydrogen) atoms. The second-order valence-electron chi connectivity index (χ2n) is 5.64. The zero-order valence-electron chi connectivity index (χ0n) is 13.8. The summed E-state index contributed by atoms with van der Waals surface area (Å²) in [5, 5.41) is 4.35. The molecule has 1 aliphatic rings. The number of carbonyl (C=O) groups excluding carboxylic acids is 1. The Balaban J connectivity index is 1.57. The molecule has 1 aliphatic heterocycles. The molecular formula is C20H12Cl2N2O2S. The summed E-state index contributed by atoms with van der Waals surface area (Å²) in [4.78, 5) is 17.1. The van der Waals surface area contributed by atoms with Crippen molar-refractivity contribution in [2.75, 3.05) is 0 Å². The van der Waals surface area contributed by atoms with Crippen molar-refractivity contribution in [2.45, 2.75) is 0 Å². The summed E-state index contributed by atoms with van der Waals surface area (Å²) in [6, 6.07) is 18.2. The lowest BCUT2D eigenvalue weighted by Gasteiger charge is -2.00. The highest BCUT2D eigenvalue weighted by atomic mass is 35.5. The summed E-state index contributed by atoms with van der Waals surface area (Å²) in [6.07, 6.45) is 1.68. The van der Waals surface area contributed by atoms with Crippen LogP contribution in [0.4, 0.5) is 5.69 Å². The average Bonchev–Trinajstić information content (AvgIpc) is 3.23. The largest absolute Gasteiger partial charge is 0.457 e.